The van der Waals surface area contributed by atoms with Gasteiger partial charge in [-0.2, -0.15) is 0 Å². The van der Waals surface area contributed by atoms with E-state index in [4.69, 9.17) is 14.5 Å². The molecule has 2 N–H and O–H groups in total. The summed E-state index contributed by atoms with van der Waals surface area (Å²) in [5, 5.41) is 0. The lowest BCUT2D eigenvalue weighted by atomic mass is 10.1. The van der Waals surface area contributed by atoms with Crippen molar-refractivity contribution in [1.29, 1.82) is 0 Å². The Balaban J connectivity index is 2.03. The first-order valence-electron chi connectivity index (χ1n) is 6.09. The first-order chi connectivity index (χ1) is 9.87. The molecule has 1 aliphatic heterocycles. The monoisotopic (exact) mass is 315 g/mol. The molecule has 1 fully saturated rings. The number of nitrogens with zero attached hydrogens (tertiary/aromatic N) is 1. The molecule has 114 valence electrons. The van der Waals surface area contributed by atoms with Gasteiger partial charge < -0.3 is 14.5 Å². The summed E-state index contributed by atoms with van der Waals surface area (Å²) in [6.07, 6.45) is -0.441. The van der Waals surface area contributed by atoms with Crippen molar-refractivity contribution in [2.24, 2.45) is 0 Å². The van der Waals surface area contributed by atoms with Gasteiger partial charge in [-0.05, 0) is 12.0 Å². The highest BCUT2D eigenvalue weighted by Gasteiger charge is 2.38. The fourth-order valence-electron chi connectivity index (χ4n) is 2.01. The molecule has 1 aromatic rings. The minimum absolute atomic E-state index is 0.0371. The van der Waals surface area contributed by atoms with Crippen LogP contribution in [0.15, 0.2) is 30.3 Å². The molecule has 1 aliphatic rings. The average Bonchev–Trinajstić information content (AvgIpc) is 2.77. The van der Waals surface area contributed by atoms with Crippen LogP contribution in [0.4, 0.5) is 4.79 Å². The zero-order valence-corrected chi connectivity index (χ0v) is 11.8. The maximum atomic E-state index is 11.9. The van der Waals surface area contributed by atoms with E-state index < -0.39 is 32.5 Å². The lowest BCUT2D eigenvalue weighted by molar-refractivity contribution is -0.131. The van der Waals surface area contributed by atoms with E-state index >= 15 is 0 Å². The summed E-state index contributed by atoms with van der Waals surface area (Å²) in [6, 6.07) is 8.67. The molecule has 1 unspecified atom stereocenters. The van der Waals surface area contributed by atoms with Gasteiger partial charge in [0.1, 0.15) is 13.2 Å². The van der Waals surface area contributed by atoms with Gasteiger partial charge in [-0.1, -0.05) is 30.3 Å². The second-order valence-electron chi connectivity index (χ2n) is 4.45. The minimum atomic E-state index is -4.77. The van der Waals surface area contributed by atoms with Gasteiger partial charge in [0.05, 0.1) is 6.04 Å². The smallest absolute Gasteiger partial charge is 0.447 e. The molecule has 0 radical (unpaired) electrons. The molecule has 0 spiro atoms. The predicted octanol–water partition coefficient (Wildman–Crippen LogP) is 0.686. The van der Waals surface area contributed by atoms with Crippen molar-refractivity contribution in [1.82, 2.24) is 4.90 Å². The minimum Gasteiger partial charge on any atom is -0.447 e. The summed E-state index contributed by atoms with van der Waals surface area (Å²) in [5.41, 5.74) is 0.912. The van der Waals surface area contributed by atoms with E-state index in [9.17, 15) is 14.2 Å². The first-order valence-corrected chi connectivity index (χ1v) is 7.62. The van der Waals surface area contributed by atoms with Crippen LogP contribution in [-0.4, -0.2) is 45.9 Å². The quantitative estimate of drug-likeness (QED) is 0.768. The Kier molecular flexibility index (Phi) is 4.74. The topological polar surface area (TPSA) is 113 Å². The van der Waals surface area contributed by atoms with Crippen LogP contribution in [0.3, 0.4) is 0 Å². The fraction of sp³-hybridized carbons (Fsp3) is 0.333. The zero-order chi connectivity index (χ0) is 15.5. The van der Waals surface area contributed by atoms with Crippen molar-refractivity contribution < 1.29 is 33.2 Å². The number of ether oxygens (including phenoxy) is 1. The van der Waals surface area contributed by atoms with E-state index in [1.54, 1.807) is 0 Å². The van der Waals surface area contributed by atoms with Crippen LogP contribution in [0.5, 0.6) is 0 Å². The lowest BCUT2D eigenvalue weighted by Gasteiger charge is -2.19. The maximum Gasteiger partial charge on any atom is 0.470 e. The molecule has 1 heterocycles. The van der Waals surface area contributed by atoms with Gasteiger partial charge in [-0.15, -0.1) is 0 Å². The van der Waals surface area contributed by atoms with Gasteiger partial charge in [0.15, 0.2) is 0 Å². The predicted molar refractivity (Wildman–Crippen MR) is 70.1 cm³/mol. The summed E-state index contributed by atoms with van der Waals surface area (Å²) in [7, 11) is -4.77. The van der Waals surface area contributed by atoms with Gasteiger partial charge in [0.2, 0.25) is 0 Å². The van der Waals surface area contributed by atoms with Crippen LogP contribution in [0.2, 0.25) is 0 Å². The Morgan fingerprint density at radius 3 is 2.67 bits per heavy atom. The number of phosphoric acid groups is 1. The molecule has 2 rings (SSSR count). The molecular weight excluding hydrogens is 301 g/mol. The van der Waals surface area contributed by atoms with E-state index in [-0.39, 0.29) is 6.61 Å². The second kappa shape index (κ2) is 6.36. The van der Waals surface area contributed by atoms with Crippen LogP contribution in [-0.2, 0) is 25.0 Å². The molecule has 2 amide bonds. The molecule has 21 heavy (non-hydrogen) atoms. The molecule has 1 atom stereocenters. The highest BCUT2D eigenvalue weighted by molar-refractivity contribution is 7.46. The van der Waals surface area contributed by atoms with Crippen molar-refractivity contribution in [2.75, 3.05) is 13.2 Å². The lowest BCUT2D eigenvalue weighted by Crippen LogP contribution is -2.42. The first kappa shape index (κ1) is 15.7. The van der Waals surface area contributed by atoms with Crippen LogP contribution in [0.25, 0.3) is 0 Å². The number of rotatable bonds is 5. The van der Waals surface area contributed by atoms with Crippen molar-refractivity contribution in [3.8, 4) is 0 Å². The summed E-state index contributed by atoms with van der Waals surface area (Å²) < 4.78 is 19.5. The van der Waals surface area contributed by atoms with Crippen molar-refractivity contribution >= 4 is 19.8 Å². The van der Waals surface area contributed by atoms with Gasteiger partial charge in [-0.3, -0.25) is 9.32 Å². The normalized spacial score (nSPS) is 18.7. The molecule has 9 heteroatoms. The number of hydrogen-bond donors (Lipinski definition) is 2. The Labute approximate surface area is 120 Å². The summed E-state index contributed by atoms with van der Waals surface area (Å²) >= 11 is 0. The highest BCUT2D eigenvalue weighted by atomic mass is 31.2. The Bertz CT molecular complexity index is 570. The largest absolute Gasteiger partial charge is 0.470 e. The third kappa shape index (κ3) is 4.37. The highest BCUT2D eigenvalue weighted by Crippen LogP contribution is 2.35. The molecular formula is C12H14NO7P. The van der Waals surface area contributed by atoms with Gasteiger partial charge in [0, 0.05) is 0 Å². The fourth-order valence-corrected chi connectivity index (χ4v) is 2.29. The number of hydrogen-bond acceptors (Lipinski definition) is 5. The van der Waals surface area contributed by atoms with Crippen LogP contribution < -0.4 is 0 Å². The van der Waals surface area contributed by atoms with Gasteiger partial charge >= 0.3 is 13.9 Å². The number of phosphoric ester groups is 1. The summed E-state index contributed by atoms with van der Waals surface area (Å²) in [4.78, 5) is 41.4. The third-order valence-electron chi connectivity index (χ3n) is 2.90. The number of carbonyl (C=O) groups is 2. The molecule has 0 aliphatic carbocycles. The van der Waals surface area contributed by atoms with Gasteiger partial charge in [0.25, 0.3) is 5.91 Å². The zero-order valence-electron chi connectivity index (χ0n) is 10.9. The number of cyclic esters (lactones) is 1. The Morgan fingerprint density at radius 1 is 1.38 bits per heavy atom. The van der Waals surface area contributed by atoms with E-state index in [1.165, 1.54) is 0 Å². The molecule has 8 nitrogen and oxygen atoms in total. The summed E-state index contributed by atoms with van der Waals surface area (Å²) in [5.74, 6) is -0.846. The maximum absolute atomic E-state index is 11.9. The number of benzene rings is 1. The van der Waals surface area contributed by atoms with Crippen molar-refractivity contribution in [2.45, 2.75) is 12.5 Å². The number of amides is 2. The summed E-state index contributed by atoms with van der Waals surface area (Å²) in [6.45, 7) is -0.847. The molecule has 1 saturated heterocycles. The third-order valence-corrected chi connectivity index (χ3v) is 3.37. The molecule has 0 aromatic heterocycles. The van der Waals surface area contributed by atoms with Gasteiger partial charge in [-0.25, -0.2) is 14.3 Å². The van der Waals surface area contributed by atoms with Crippen molar-refractivity contribution in [3.63, 3.8) is 0 Å². The molecule has 0 saturated carbocycles. The van der Waals surface area contributed by atoms with E-state index in [1.807, 2.05) is 30.3 Å². The Hall–Kier alpha value is -1.73. The number of imide groups is 1. The Morgan fingerprint density at radius 2 is 2.05 bits per heavy atom. The average molecular weight is 315 g/mol. The molecule has 1 aromatic carbocycles. The van der Waals surface area contributed by atoms with Crippen LogP contribution in [0.1, 0.15) is 5.56 Å². The standard InChI is InChI=1S/C12H14NO7P/c14-11(8-20-21(16,17)18)13-10(7-19-12(13)15)6-9-4-2-1-3-5-9/h1-5,10H,6-8H2,(H2,16,17,18). The van der Waals surface area contributed by atoms with E-state index in [0.29, 0.717) is 6.42 Å². The van der Waals surface area contributed by atoms with Crippen molar-refractivity contribution in [3.05, 3.63) is 35.9 Å². The molecule has 0 bridgehead atoms. The SMILES string of the molecule is O=C(COP(=O)(O)O)N1C(=O)OCC1Cc1ccccc1. The van der Waals surface area contributed by atoms with E-state index in [2.05, 4.69) is 4.52 Å². The van der Waals surface area contributed by atoms with Crippen LogP contribution >= 0.6 is 7.82 Å². The second-order valence-corrected chi connectivity index (χ2v) is 5.69. The van der Waals surface area contributed by atoms with E-state index in [0.717, 1.165) is 10.5 Å². The number of carbonyl (C=O) groups excluding carboxylic acids is 2. The van der Waals surface area contributed by atoms with Crippen LogP contribution in [0, 0.1) is 0 Å².